The van der Waals surface area contributed by atoms with Gasteiger partial charge in [0.05, 0.1) is 17.6 Å². The predicted octanol–water partition coefficient (Wildman–Crippen LogP) is 3.29. The zero-order valence-electron chi connectivity index (χ0n) is 15.0. The van der Waals surface area contributed by atoms with Gasteiger partial charge in [0.15, 0.2) is 0 Å². The van der Waals surface area contributed by atoms with Gasteiger partial charge in [-0.3, -0.25) is 9.59 Å². The second kappa shape index (κ2) is 6.26. The van der Waals surface area contributed by atoms with Crippen molar-refractivity contribution >= 4 is 33.4 Å². The van der Waals surface area contributed by atoms with Crippen LogP contribution in [0.1, 0.15) is 23.6 Å². The summed E-state index contributed by atoms with van der Waals surface area (Å²) < 4.78 is 0.761. The molecule has 0 aliphatic carbocycles. The molecule has 0 N–H and O–H groups in total. The Morgan fingerprint density at radius 2 is 1.56 bits per heavy atom. The lowest BCUT2D eigenvalue weighted by molar-refractivity contribution is -0.126. The number of aryl methyl sites for hydroxylation is 1. The molecule has 0 unspecified atom stereocenters. The number of hydrogen-bond donors (Lipinski definition) is 0. The zero-order chi connectivity index (χ0) is 18.7. The van der Waals surface area contributed by atoms with E-state index in [1.165, 1.54) is 10.5 Å². The molecule has 27 heavy (non-hydrogen) atoms. The molecular formula is C21H20BrN3O2. The van der Waals surface area contributed by atoms with Gasteiger partial charge in [-0.25, -0.2) is 14.9 Å². The van der Waals surface area contributed by atoms with Crippen LogP contribution >= 0.6 is 15.9 Å². The maximum atomic E-state index is 13.5. The molecule has 3 atom stereocenters. The first-order valence-corrected chi connectivity index (χ1v) is 10.1. The molecule has 0 spiro atoms. The summed E-state index contributed by atoms with van der Waals surface area (Å²) in [5.74, 6) is -0.581. The van der Waals surface area contributed by atoms with Crippen LogP contribution in [0.4, 0.5) is 5.69 Å². The largest absolute Gasteiger partial charge is 0.274 e. The fourth-order valence-electron chi connectivity index (χ4n) is 4.75. The quantitative estimate of drug-likeness (QED) is 0.692. The first-order valence-electron chi connectivity index (χ1n) is 9.30. The second-order valence-electron chi connectivity index (χ2n) is 7.47. The van der Waals surface area contributed by atoms with E-state index in [1.807, 2.05) is 24.3 Å². The first kappa shape index (κ1) is 17.1. The third-order valence-electron chi connectivity index (χ3n) is 5.92. The van der Waals surface area contributed by atoms with Crippen LogP contribution < -0.4 is 4.90 Å². The normalized spacial score (nSPS) is 28.1. The minimum atomic E-state index is -0.404. The summed E-state index contributed by atoms with van der Waals surface area (Å²) in [6, 6.07) is 15.3. The first-order chi connectivity index (χ1) is 13.1. The smallest absolute Gasteiger partial charge is 0.253 e. The molecule has 3 heterocycles. The molecule has 2 amide bonds. The molecule has 2 aromatic carbocycles. The molecule has 0 saturated carbocycles. The van der Waals surface area contributed by atoms with E-state index in [0.717, 1.165) is 29.5 Å². The number of hydrazine groups is 1. The van der Waals surface area contributed by atoms with Crippen LogP contribution in [0.25, 0.3) is 0 Å². The molecule has 0 aromatic heterocycles. The lowest BCUT2D eigenvalue weighted by Gasteiger charge is -2.30. The van der Waals surface area contributed by atoms with E-state index in [-0.39, 0.29) is 23.8 Å². The van der Waals surface area contributed by atoms with Crippen LogP contribution in [0.5, 0.6) is 0 Å². The van der Waals surface area contributed by atoms with Crippen LogP contribution in [-0.2, 0) is 9.59 Å². The average Bonchev–Trinajstić information content (AvgIpc) is 3.30. The Morgan fingerprint density at radius 3 is 2.26 bits per heavy atom. The molecule has 2 aromatic rings. The molecule has 3 saturated heterocycles. The Bertz CT molecular complexity index is 929. The number of nitrogens with zero attached hydrogens (tertiary/aromatic N) is 3. The highest BCUT2D eigenvalue weighted by molar-refractivity contribution is 9.10. The molecular weight excluding hydrogens is 406 g/mol. The summed E-state index contributed by atoms with van der Waals surface area (Å²) >= 11 is 3.50. The monoisotopic (exact) mass is 425 g/mol. The molecule has 3 aliphatic heterocycles. The molecule has 6 heteroatoms. The maximum Gasteiger partial charge on any atom is 0.253 e. The van der Waals surface area contributed by atoms with Crippen molar-refractivity contribution in [2.75, 3.05) is 18.0 Å². The van der Waals surface area contributed by atoms with Crippen molar-refractivity contribution in [3.63, 3.8) is 0 Å². The summed E-state index contributed by atoms with van der Waals surface area (Å²) in [4.78, 5) is 28.2. The van der Waals surface area contributed by atoms with Crippen molar-refractivity contribution in [3.8, 4) is 0 Å². The van der Waals surface area contributed by atoms with E-state index in [2.05, 4.69) is 57.1 Å². The van der Waals surface area contributed by atoms with Crippen molar-refractivity contribution in [1.82, 2.24) is 10.0 Å². The zero-order valence-corrected chi connectivity index (χ0v) is 16.6. The summed E-state index contributed by atoms with van der Waals surface area (Å²) in [5.41, 5.74) is 2.93. The van der Waals surface area contributed by atoms with E-state index in [9.17, 15) is 9.59 Å². The van der Waals surface area contributed by atoms with Crippen LogP contribution in [0.2, 0.25) is 0 Å². The number of fused-ring (bicyclic) bond motifs is 3. The molecule has 5 rings (SSSR count). The SMILES string of the molecule is Cc1ccc([C@@H]2[C@@H]3C(=O)N(c4ccccc4Br)C(=O)[C@@H]3N3CCCN23)cc1. The van der Waals surface area contributed by atoms with Crippen molar-refractivity contribution in [3.05, 3.63) is 64.1 Å². The van der Waals surface area contributed by atoms with Gasteiger partial charge in [-0.1, -0.05) is 42.0 Å². The number of rotatable bonds is 2. The van der Waals surface area contributed by atoms with Gasteiger partial charge in [0, 0.05) is 17.6 Å². The summed E-state index contributed by atoms with van der Waals surface area (Å²) in [7, 11) is 0. The van der Waals surface area contributed by atoms with Gasteiger partial charge in [-0.2, -0.15) is 0 Å². The fourth-order valence-corrected chi connectivity index (χ4v) is 5.21. The van der Waals surface area contributed by atoms with Crippen molar-refractivity contribution in [2.24, 2.45) is 5.92 Å². The number of imide groups is 1. The molecule has 3 aliphatic rings. The molecule has 3 fully saturated rings. The number of carbonyl (C=O) groups is 2. The summed E-state index contributed by atoms with van der Waals surface area (Å²) in [6.07, 6.45) is 1.02. The average molecular weight is 426 g/mol. The number of amides is 2. The van der Waals surface area contributed by atoms with Crippen LogP contribution in [-0.4, -0.2) is 41.0 Å². The number of hydrogen-bond acceptors (Lipinski definition) is 4. The Labute approximate surface area is 166 Å². The highest BCUT2D eigenvalue weighted by Gasteiger charge is 2.62. The van der Waals surface area contributed by atoms with Crippen molar-refractivity contribution in [1.29, 1.82) is 0 Å². The highest BCUT2D eigenvalue weighted by Crippen LogP contribution is 2.49. The minimum Gasteiger partial charge on any atom is -0.274 e. The van der Waals surface area contributed by atoms with E-state index < -0.39 is 6.04 Å². The predicted molar refractivity (Wildman–Crippen MR) is 106 cm³/mol. The molecule has 0 radical (unpaired) electrons. The summed E-state index contributed by atoms with van der Waals surface area (Å²) in [6.45, 7) is 3.77. The maximum absolute atomic E-state index is 13.5. The summed E-state index contributed by atoms with van der Waals surface area (Å²) in [5, 5.41) is 4.37. The van der Waals surface area contributed by atoms with Crippen LogP contribution in [0.3, 0.4) is 0 Å². The number of halogens is 1. The molecule has 0 bridgehead atoms. The molecule has 138 valence electrons. The van der Waals surface area contributed by atoms with Gasteiger partial charge < -0.3 is 0 Å². The number of para-hydroxylation sites is 1. The standard InChI is InChI=1S/C21H20BrN3O2/c1-13-7-9-14(10-8-13)18-17-19(24-12-4-11-23(18)24)21(27)25(20(17)26)16-6-3-2-5-15(16)22/h2-3,5-10,17-19H,4,11-12H2,1H3/t17-,18+,19+/m0/s1. The van der Waals surface area contributed by atoms with E-state index in [4.69, 9.17) is 0 Å². The van der Waals surface area contributed by atoms with Crippen molar-refractivity contribution in [2.45, 2.75) is 25.4 Å². The number of anilines is 1. The van der Waals surface area contributed by atoms with Crippen LogP contribution in [0.15, 0.2) is 53.0 Å². The Hall–Kier alpha value is -2.02. The third kappa shape index (κ3) is 2.43. The van der Waals surface area contributed by atoms with E-state index in [1.54, 1.807) is 0 Å². The van der Waals surface area contributed by atoms with E-state index >= 15 is 0 Å². The number of carbonyl (C=O) groups excluding carboxylic acids is 2. The Morgan fingerprint density at radius 1 is 0.889 bits per heavy atom. The van der Waals surface area contributed by atoms with Gasteiger partial charge >= 0.3 is 0 Å². The third-order valence-corrected chi connectivity index (χ3v) is 6.59. The van der Waals surface area contributed by atoms with Crippen LogP contribution in [0, 0.1) is 12.8 Å². The second-order valence-corrected chi connectivity index (χ2v) is 8.32. The minimum absolute atomic E-state index is 0.0814. The lowest BCUT2D eigenvalue weighted by atomic mass is 9.89. The number of benzene rings is 2. The van der Waals surface area contributed by atoms with Crippen molar-refractivity contribution < 1.29 is 9.59 Å². The van der Waals surface area contributed by atoms with Gasteiger partial charge in [0.1, 0.15) is 6.04 Å². The van der Waals surface area contributed by atoms with E-state index in [0.29, 0.717) is 5.69 Å². The topological polar surface area (TPSA) is 43.9 Å². The lowest BCUT2D eigenvalue weighted by Crippen LogP contribution is -2.44. The van der Waals surface area contributed by atoms with Gasteiger partial charge in [-0.05, 0) is 47.0 Å². The fraction of sp³-hybridized carbons (Fsp3) is 0.333. The van der Waals surface area contributed by atoms with Gasteiger partial charge in [0.25, 0.3) is 5.91 Å². The highest BCUT2D eigenvalue weighted by atomic mass is 79.9. The van der Waals surface area contributed by atoms with Gasteiger partial charge in [0.2, 0.25) is 5.91 Å². The van der Waals surface area contributed by atoms with Gasteiger partial charge in [-0.15, -0.1) is 0 Å². The Balaban J connectivity index is 1.60. The Kier molecular flexibility index (Phi) is 3.96. The molecule has 5 nitrogen and oxygen atoms in total.